The molecule has 4 nitrogen and oxygen atoms in total. The van der Waals surface area contributed by atoms with Gasteiger partial charge in [-0.1, -0.05) is 41.5 Å². The van der Waals surface area contributed by atoms with Gasteiger partial charge in [0.05, 0.1) is 0 Å². The van der Waals surface area contributed by atoms with Gasteiger partial charge in [-0.25, -0.2) is 10.6 Å². The second kappa shape index (κ2) is 8.99. The van der Waals surface area contributed by atoms with Crippen LogP contribution in [0.4, 0.5) is 0 Å². The number of rotatable bonds is 6. The molecule has 0 radical (unpaired) electrons. The molecule has 33 heavy (non-hydrogen) atoms. The zero-order valence-corrected chi connectivity index (χ0v) is 27.8. The minimum atomic E-state index is -2.53. The van der Waals surface area contributed by atoms with Gasteiger partial charge in [-0.05, 0) is 99.3 Å². The summed E-state index contributed by atoms with van der Waals surface area (Å²) in [7, 11) is -8.89. The van der Waals surface area contributed by atoms with Gasteiger partial charge in [0.2, 0.25) is 0 Å². The average molecular weight is 535 g/mol. The second-order valence-corrected chi connectivity index (χ2v) is 28.6. The van der Waals surface area contributed by atoms with Gasteiger partial charge in [0.25, 0.3) is 0 Å². The van der Waals surface area contributed by atoms with Crippen LogP contribution in [0, 0.1) is 34.5 Å². The largest absolute Gasteiger partial charge is 0.414 e. The van der Waals surface area contributed by atoms with E-state index >= 15 is 0 Å². The standard InChI is InChI=1S/C25H54O4SSi3/c1-24(2,3)16-14-19-18-20-22(19)23(20)21(15-17-25(4,5)6)33(13)28-31(9,10)26-30(7,8)27-32(11,12)29-33/h19-23H,14-18H2,1-13H3. The van der Waals surface area contributed by atoms with E-state index in [-0.39, 0.29) is 0 Å². The Balaban J connectivity index is 1.85. The second-order valence-electron chi connectivity index (χ2n) is 14.9. The maximum Gasteiger partial charge on any atom is 0.347 e. The van der Waals surface area contributed by atoms with Crippen molar-refractivity contribution < 1.29 is 16.0 Å². The summed E-state index contributed by atoms with van der Waals surface area (Å²) in [5.74, 6) is 3.50. The Morgan fingerprint density at radius 3 is 1.76 bits per heavy atom. The molecule has 0 aromatic heterocycles. The summed E-state index contributed by atoms with van der Waals surface area (Å²) < 4.78 is 27.6. The lowest BCUT2D eigenvalue weighted by molar-refractivity contribution is 0.224. The van der Waals surface area contributed by atoms with Crippen molar-refractivity contribution in [1.29, 1.82) is 0 Å². The Bertz CT molecular complexity index is 691. The fourth-order valence-corrected chi connectivity index (χ4v) is 27.2. The van der Waals surface area contributed by atoms with E-state index in [0.717, 1.165) is 23.7 Å². The maximum absolute atomic E-state index is 7.15. The lowest BCUT2D eigenvalue weighted by Crippen LogP contribution is -2.61. The predicted octanol–water partition coefficient (Wildman–Crippen LogP) is 8.34. The third-order valence-electron chi connectivity index (χ3n) is 7.72. The van der Waals surface area contributed by atoms with Crippen molar-refractivity contribution in [2.45, 2.75) is 112 Å². The first-order valence-corrected chi connectivity index (χ1v) is 23.5. The fourth-order valence-electron chi connectivity index (χ4n) is 6.77. The lowest BCUT2D eigenvalue weighted by Gasteiger charge is -2.53. The molecule has 0 amide bonds. The molecule has 3 fully saturated rings. The van der Waals surface area contributed by atoms with E-state index in [1.165, 1.54) is 32.1 Å². The van der Waals surface area contributed by atoms with Crippen molar-refractivity contribution in [2.75, 3.05) is 12.5 Å². The van der Waals surface area contributed by atoms with Crippen LogP contribution in [0.2, 0.25) is 38.3 Å². The molecule has 5 unspecified atom stereocenters. The summed E-state index contributed by atoms with van der Waals surface area (Å²) in [5.41, 5.74) is 1.29. The molecular weight excluding hydrogens is 481 g/mol. The highest BCUT2D eigenvalue weighted by atomic mass is 32.3. The summed E-state index contributed by atoms with van der Waals surface area (Å²) in [6.07, 6.45) is 10.8. The van der Waals surface area contributed by atoms with Gasteiger partial charge < -0.3 is 8.23 Å². The molecule has 1 saturated heterocycles. The average Bonchev–Trinajstić information content (AvgIpc) is 3.03. The molecule has 0 N–H and O–H groups in total. The Labute approximate surface area is 210 Å². The SMILES string of the molecule is CC(C)(C)CCC1CC2C1C2C(CCC(C)(C)C)[Si]1(C)O[Si](C)(C)OS(C)(C)O[Si](C)(C)O1. The molecule has 1 heterocycles. The van der Waals surface area contributed by atoms with Crippen molar-refractivity contribution in [2.24, 2.45) is 34.5 Å². The van der Waals surface area contributed by atoms with Gasteiger partial charge in [0, 0.05) is 18.1 Å². The minimum Gasteiger partial charge on any atom is -0.414 e. The Kier molecular flexibility index (Phi) is 7.74. The fraction of sp³-hybridized carbons (Fsp3) is 1.00. The summed E-state index contributed by atoms with van der Waals surface area (Å²) in [6, 6.07) is 0. The van der Waals surface area contributed by atoms with Crippen molar-refractivity contribution in [1.82, 2.24) is 0 Å². The highest BCUT2D eigenvalue weighted by Gasteiger charge is 2.69. The van der Waals surface area contributed by atoms with Crippen LogP contribution >= 0.6 is 10.6 Å². The van der Waals surface area contributed by atoms with E-state index in [1.54, 1.807) is 0 Å². The van der Waals surface area contributed by atoms with Crippen molar-refractivity contribution >= 4 is 36.3 Å². The molecule has 0 aromatic rings. The van der Waals surface area contributed by atoms with Crippen LogP contribution in [0.25, 0.3) is 0 Å². The Morgan fingerprint density at radius 1 is 0.818 bits per heavy atom. The van der Waals surface area contributed by atoms with E-state index in [9.17, 15) is 0 Å². The first kappa shape index (κ1) is 28.4. The highest BCUT2D eigenvalue weighted by molar-refractivity contribution is 8.26. The molecule has 2 aliphatic carbocycles. The van der Waals surface area contributed by atoms with E-state index in [2.05, 4.69) is 86.8 Å². The van der Waals surface area contributed by atoms with Crippen LogP contribution in [-0.2, 0) is 16.0 Å². The molecule has 8 heteroatoms. The van der Waals surface area contributed by atoms with Crippen molar-refractivity contribution in [3.63, 3.8) is 0 Å². The van der Waals surface area contributed by atoms with Crippen molar-refractivity contribution in [3.8, 4) is 0 Å². The summed E-state index contributed by atoms with van der Waals surface area (Å²) in [4.78, 5) is 0. The van der Waals surface area contributed by atoms with E-state index < -0.39 is 36.3 Å². The topological polar surface area (TPSA) is 36.9 Å². The zero-order chi connectivity index (χ0) is 25.3. The van der Waals surface area contributed by atoms with Crippen LogP contribution in [0.15, 0.2) is 0 Å². The number of hydrogen-bond donors (Lipinski definition) is 0. The monoisotopic (exact) mass is 534 g/mol. The number of hydrogen-bond acceptors (Lipinski definition) is 4. The first-order valence-electron chi connectivity index (χ1n) is 13.2. The molecule has 0 spiro atoms. The summed E-state index contributed by atoms with van der Waals surface area (Å²) in [5, 5.41) is 0. The quantitative estimate of drug-likeness (QED) is 0.321. The van der Waals surface area contributed by atoms with Gasteiger partial charge in [-0.2, -0.15) is 0 Å². The van der Waals surface area contributed by atoms with Crippen LogP contribution < -0.4 is 0 Å². The summed E-state index contributed by atoms with van der Waals surface area (Å²) >= 11 is 0. The highest BCUT2D eigenvalue weighted by Crippen LogP contribution is 2.72. The third kappa shape index (κ3) is 7.43. The van der Waals surface area contributed by atoms with Crippen molar-refractivity contribution in [3.05, 3.63) is 0 Å². The van der Waals surface area contributed by atoms with Gasteiger partial charge in [0.1, 0.15) is 0 Å². The van der Waals surface area contributed by atoms with Crippen LogP contribution in [-0.4, -0.2) is 38.2 Å². The van der Waals surface area contributed by atoms with Gasteiger partial charge in [-0.3, -0.25) is 7.74 Å². The number of fused-ring (bicyclic) bond motifs is 1. The van der Waals surface area contributed by atoms with Gasteiger partial charge >= 0.3 is 25.7 Å². The minimum absolute atomic E-state index is 0.323. The zero-order valence-electron chi connectivity index (χ0n) is 24.0. The van der Waals surface area contributed by atoms with E-state index in [4.69, 9.17) is 16.0 Å². The molecule has 196 valence electrons. The first-order chi connectivity index (χ1) is 14.6. The molecular formula is C25H54O4SSi3. The van der Waals surface area contributed by atoms with Crippen LogP contribution in [0.1, 0.15) is 73.6 Å². The molecule has 2 saturated carbocycles. The molecule has 0 aromatic carbocycles. The lowest BCUT2D eigenvalue weighted by atomic mass is 9.77. The normalized spacial score (nSPS) is 36.5. The van der Waals surface area contributed by atoms with Crippen LogP contribution in [0.5, 0.6) is 0 Å². The third-order valence-corrected chi connectivity index (χ3v) is 23.3. The van der Waals surface area contributed by atoms with Gasteiger partial charge in [-0.15, -0.1) is 0 Å². The smallest absolute Gasteiger partial charge is 0.347 e. The predicted molar refractivity (Wildman–Crippen MR) is 150 cm³/mol. The van der Waals surface area contributed by atoms with E-state index in [1.807, 2.05) is 0 Å². The van der Waals surface area contributed by atoms with E-state index in [0.29, 0.717) is 16.4 Å². The Hall–Kier alpha value is 0.841. The molecule has 5 atom stereocenters. The molecule has 1 aliphatic heterocycles. The molecule has 3 rings (SSSR count). The molecule has 3 aliphatic rings. The Morgan fingerprint density at radius 2 is 1.30 bits per heavy atom. The maximum atomic E-state index is 7.15. The van der Waals surface area contributed by atoms with Crippen LogP contribution in [0.3, 0.4) is 0 Å². The summed E-state index contributed by atoms with van der Waals surface area (Å²) in [6.45, 7) is 25.4. The van der Waals surface area contributed by atoms with Gasteiger partial charge in [0.15, 0.2) is 0 Å². The molecule has 0 bridgehead atoms.